The minimum Gasteiger partial charge on any atom is -0.396 e. The van der Waals surface area contributed by atoms with E-state index < -0.39 is 0 Å². The van der Waals surface area contributed by atoms with Gasteiger partial charge in [-0.2, -0.15) is 0 Å². The van der Waals surface area contributed by atoms with Gasteiger partial charge in [0.15, 0.2) is 0 Å². The van der Waals surface area contributed by atoms with Crippen LogP contribution >= 0.6 is 22.9 Å². The number of hydrogen-bond acceptors (Lipinski definition) is 4. The number of aliphatic hydroxyl groups is 1. The number of pyridine rings is 1. The second kappa shape index (κ2) is 8.08. The normalized spacial score (nSPS) is 11.5. The van der Waals surface area contributed by atoms with Crippen LogP contribution in [-0.4, -0.2) is 28.1 Å². The molecule has 2 heterocycles. The van der Waals surface area contributed by atoms with E-state index in [0.717, 1.165) is 42.0 Å². The zero-order valence-corrected chi connectivity index (χ0v) is 15.3. The third kappa shape index (κ3) is 4.14. The molecule has 5 heteroatoms. The maximum Gasteiger partial charge on any atom is 0.0706 e. The molecular formula is C19H21ClN2OS. The monoisotopic (exact) mass is 360 g/mol. The molecule has 0 saturated heterocycles. The van der Waals surface area contributed by atoms with E-state index >= 15 is 0 Å². The van der Waals surface area contributed by atoms with E-state index in [2.05, 4.69) is 34.3 Å². The van der Waals surface area contributed by atoms with E-state index in [1.54, 1.807) is 11.3 Å². The number of hydrogen-bond donors (Lipinski definition) is 1. The van der Waals surface area contributed by atoms with Gasteiger partial charge in [0.05, 0.1) is 5.52 Å². The molecule has 24 heavy (non-hydrogen) atoms. The Labute approximate surface area is 151 Å². The van der Waals surface area contributed by atoms with Crippen molar-refractivity contribution in [2.45, 2.75) is 26.4 Å². The van der Waals surface area contributed by atoms with Crippen molar-refractivity contribution in [2.24, 2.45) is 0 Å². The summed E-state index contributed by atoms with van der Waals surface area (Å²) in [4.78, 5) is 8.19. The van der Waals surface area contributed by atoms with Gasteiger partial charge >= 0.3 is 0 Å². The molecule has 2 aromatic heterocycles. The Morgan fingerprint density at radius 2 is 2.08 bits per heavy atom. The first kappa shape index (κ1) is 17.4. The van der Waals surface area contributed by atoms with Crippen LogP contribution in [0.25, 0.3) is 10.9 Å². The van der Waals surface area contributed by atoms with Crippen molar-refractivity contribution in [3.63, 3.8) is 0 Å². The second-order valence-electron chi connectivity index (χ2n) is 5.95. The maximum absolute atomic E-state index is 9.22. The van der Waals surface area contributed by atoms with Crippen LogP contribution in [0.3, 0.4) is 0 Å². The number of benzene rings is 1. The van der Waals surface area contributed by atoms with Crippen LogP contribution in [0.4, 0.5) is 0 Å². The fourth-order valence-corrected chi connectivity index (χ4v) is 3.95. The van der Waals surface area contributed by atoms with E-state index in [9.17, 15) is 5.11 Å². The highest BCUT2D eigenvalue weighted by atomic mass is 35.5. The Kier molecular flexibility index (Phi) is 5.85. The van der Waals surface area contributed by atoms with Gasteiger partial charge in [-0.3, -0.25) is 9.88 Å². The zero-order valence-electron chi connectivity index (χ0n) is 13.7. The van der Waals surface area contributed by atoms with Crippen molar-refractivity contribution >= 4 is 33.8 Å². The largest absolute Gasteiger partial charge is 0.396 e. The molecule has 1 aromatic carbocycles. The fraction of sp³-hybridized carbons (Fsp3) is 0.316. The topological polar surface area (TPSA) is 36.4 Å². The van der Waals surface area contributed by atoms with Crippen LogP contribution in [0.2, 0.25) is 5.02 Å². The van der Waals surface area contributed by atoms with Gasteiger partial charge in [0.25, 0.3) is 0 Å². The maximum atomic E-state index is 9.22. The molecule has 3 aromatic rings. The lowest BCUT2D eigenvalue weighted by atomic mass is 10.1. The number of thiophene rings is 1. The van der Waals surface area contributed by atoms with Crippen molar-refractivity contribution in [2.75, 3.05) is 13.2 Å². The molecular weight excluding hydrogens is 340 g/mol. The van der Waals surface area contributed by atoms with Crippen LogP contribution in [0.5, 0.6) is 0 Å². The summed E-state index contributed by atoms with van der Waals surface area (Å²) in [5.74, 6) is 0. The van der Waals surface area contributed by atoms with Gasteiger partial charge in [-0.15, -0.1) is 11.3 Å². The van der Waals surface area contributed by atoms with Gasteiger partial charge in [0.1, 0.15) is 0 Å². The average molecular weight is 361 g/mol. The second-order valence-corrected chi connectivity index (χ2v) is 7.38. The fourth-order valence-electron chi connectivity index (χ4n) is 2.83. The van der Waals surface area contributed by atoms with E-state index in [4.69, 9.17) is 11.6 Å². The van der Waals surface area contributed by atoms with Gasteiger partial charge in [-0.1, -0.05) is 11.6 Å². The Hall–Kier alpha value is -1.46. The molecule has 0 atom stereocenters. The minimum atomic E-state index is 0.211. The van der Waals surface area contributed by atoms with E-state index in [0.29, 0.717) is 0 Å². The number of aliphatic hydroxyl groups excluding tert-OH is 1. The Bertz CT molecular complexity index is 818. The summed E-state index contributed by atoms with van der Waals surface area (Å²) in [6.45, 7) is 4.93. The molecule has 0 aliphatic rings. The summed E-state index contributed by atoms with van der Waals surface area (Å²) in [5, 5.41) is 13.2. The van der Waals surface area contributed by atoms with Crippen molar-refractivity contribution in [1.82, 2.24) is 9.88 Å². The van der Waals surface area contributed by atoms with Crippen LogP contribution < -0.4 is 0 Å². The summed E-state index contributed by atoms with van der Waals surface area (Å²) in [5.41, 5.74) is 3.51. The zero-order chi connectivity index (χ0) is 16.9. The van der Waals surface area contributed by atoms with Gasteiger partial charge < -0.3 is 5.11 Å². The predicted octanol–water partition coefficient (Wildman–Crippen LogP) is 4.64. The lowest BCUT2D eigenvalue weighted by molar-refractivity contribution is 0.214. The molecule has 1 N–H and O–H groups in total. The molecule has 0 saturated carbocycles. The van der Waals surface area contributed by atoms with Crippen molar-refractivity contribution in [1.29, 1.82) is 0 Å². The summed E-state index contributed by atoms with van der Waals surface area (Å²) >= 11 is 7.96. The van der Waals surface area contributed by atoms with Gasteiger partial charge in [-0.25, -0.2) is 0 Å². The molecule has 126 valence electrons. The number of fused-ring (bicyclic) bond motifs is 1. The molecule has 0 amide bonds. The number of aryl methyl sites for hydroxylation is 1. The SMILES string of the molecule is Cc1ccsc1CN(CCCO)Cc1ccnc2ccc(Cl)cc12. The molecule has 0 radical (unpaired) electrons. The molecule has 0 bridgehead atoms. The lowest BCUT2D eigenvalue weighted by Gasteiger charge is -2.22. The Morgan fingerprint density at radius 3 is 2.83 bits per heavy atom. The third-order valence-electron chi connectivity index (χ3n) is 4.16. The molecule has 3 nitrogen and oxygen atoms in total. The quantitative estimate of drug-likeness (QED) is 0.666. The highest BCUT2D eigenvalue weighted by molar-refractivity contribution is 7.10. The van der Waals surface area contributed by atoms with Gasteiger partial charge in [0.2, 0.25) is 0 Å². The standard InChI is InChI=1S/C19H21ClN2OS/c1-14-6-10-24-19(14)13-22(8-2-9-23)12-15-5-7-21-18-4-3-16(20)11-17(15)18/h3-7,10-11,23H,2,8-9,12-13H2,1H3. The van der Waals surface area contributed by atoms with Gasteiger partial charge in [-0.05, 0) is 60.2 Å². The lowest BCUT2D eigenvalue weighted by Crippen LogP contribution is -2.24. The summed E-state index contributed by atoms with van der Waals surface area (Å²) in [6, 6.07) is 10.0. The molecule has 0 aliphatic heterocycles. The summed E-state index contributed by atoms with van der Waals surface area (Å²) < 4.78 is 0. The third-order valence-corrected chi connectivity index (χ3v) is 5.40. The van der Waals surface area contributed by atoms with Crippen LogP contribution in [0, 0.1) is 6.92 Å². The average Bonchev–Trinajstić information content (AvgIpc) is 2.98. The van der Waals surface area contributed by atoms with Crippen LogP contribution in [0.15, 0.2) is 41.9 Å². The molecule has 0 unspecified atom stereocenters. The molecule has 0 spiro atoms. The Morgan fingerprint density at radius 1 is 1.21 bits per heavy atom. The summed E-state index contributed by atoms with van der Waals surface area (Å²) in [6.07, 6.45) is 2.63. The molecule has 0 aliphatic carbocycles. The van der Waals surface area contributed by atoms with E-state index in [-0.39, 0.29) is 6.61 Å². The number of rotatable bonds is 7. The highest BCUT2D eigenvalue weighted by Crippen LogP contribution is 2.24. The van der Waals surface area contributed by atoms with Crippen molar-refractivity contribution in [3.05, 3.63) is 62.9 Å². The Balaban J connectivity index is 1.86. The van der Waals surface area contributed by atoms with E-state index in [1.807, 2.05) is 24.4 Å². The molecule has 3 rings (SSSR count). The smallest absolute Gasteiger partial charge is 0.0706 e. The predicted molar refractivity (Wildman–Crippen MR) is 102 cm³/mol. The minimum absolute atomic E-state index is 0.211. The number of nitrogens with zero attached hydrogens (tertiary/aromatic N) is 2. The highest BCUT2D eigenvalue weighted by Gasteiger charge is 2.12. The van der Waals surface area contributed by atoms with E-state index in [1.165, 1.54) is 16.0 Å². The van der Waals surface area contributed by atoms with Crippen LogP contribution in [0.1, 0.15) is 22.4 Å². The van der Waals surface area contributed by atoms with Crippen molar-refractivity contribution < 1.29 is 5.11 Å². The first-order chi connectivity index (χ1) is 11.7. The number of halogens is 1. The first-order valence-electron chi connectivity index (χ1n) is 8.06. The first-order valence-corrected chi connectivity index (χ1v) is 9.32. The van der Waals surface area contributed by atoms with Gasteiger partial charge in [0, 0.05) is 47.7 Å². The molecule has 0 fully saturated rings. The number of aromatic nitrogens is 1. The summed E-state index contributed by atoms with van der Waals surface area (Å²) in [7, 11) is 0. The van der Waals surface area contributed by atoms with Crippen molar-refractivity contribution in [3.8, 4) is 0 Å². The van der Waals surface area contributed by atoms with Crippen LogP contribution in [-0.2, 0) is 13.1 Å².